The Kier molecular flexibility index (Phi) is 4.49. The number of hydrogen-bond donors (Lipinski definition) is 0. The molecule has 2 aliphatic rings. The molecule has 2 aromatic carbocycles. The molecule has 1 amide bonds. The lowest BCUT2D eigenvalue weighted by Gasteiger charge is -2.38. The fourth-order valence-corrected chi connectivity index (χ4v) is 4.20. The zero-order valence-corrected chi connectivity index (χ0v) is 14.9. The second-order valence-electron chi connectivity index (χ2n) is 6.28. The number of hydrogen-bond acceptors (Lipinski definition) is 4. The lowest BCUT2D eigenvalue weighted by atomic mass is 10.0. The maximum atomic E-state index is 13.1. The van der Waals surface area contributed by atoms with Gasteiger partial charge in [-0.3, -0.25) is 4.79 Å². The Morgan fingerprint density at radius 1 is 1.12 bits per heavy atom. The van der Waals surface area contributed by atoms with Crippen molar-refractivity contribution in [2.24, 2.45) is 4.99 Å². The lowest BCUT2D eigenvalue weighted by Crippen LogP contribution is -2.53. The summed E-state index contributed by atoms with van der Waals surface area (Å²) in [5.41, 5.74) is 2.07. The molecule has 1 saturated heterocycles. The molecule has 25 heavy (non-hydrogen) atoms. The van der Waals surface area contributed by atoms with Crippen molar-refractivity contribution in [1.29, 1.82) is 0 Å². The van der Waals surface area contributed by atoms with Crippen molar-refractivity contribution in [3.05, 3.63) is 71.8 Å². The summed E-state index contributed by atoms with van der Waals surface area (Å²) < 4.78 is 6.04. The van der Waals surface area contributed by atoms with Gasteiger partial charge in [-0.25, -0.2) is 4.99 Å². The molecule has 0 spiro atoms. The third-order valence-corrected chi connectivity index (χ3v) is 5.67. The number of benzene rings is 2. The van der Waals surface area contributed by atoms with Gasteiger partial charge in [-0.1, -0.05) is 48.5 Å². The Morgan fingerprint density at radius 3 is 2.48 bits per heavy atom. The molecule has 1 fully saturated rings. The molecule has 128 valence electrons. The standard InChI is InChI=1S/C20H20N2O2S/c1-25-17-12-16-18(21-19(24-16)15-10-6-3-7-11-15)20(23)22(17)13-14-8-4-2-5-9-14/h2-11,16-18H,12-13H2,1H3/t16-,17-,18+/m1/s1. The number of amides is 1. The summed E-state index contributed by atoms with van der Waals surface area (Å²) in [4.78, 5) is 19.6. The number of fused-ring (bicyclic) bond motifs is 1. The highest BCUT2D eigenvalue weighted by Crippen LogP contribution is 2.34. The maximum absolute atomic E-state index is 13.1. The highest BCUT2D eigenvalue weighted by atomic mass is 32.2. The van der Waals surface area contributed by atoms with Crippen molar-refractivity contribution in [1.82, 2.24) is 4.90 Å². The van der Waals surface area contributed by atoms with E-state index in [2.05, 4.69) is 17.1 Å². The zero-order chi connectivity index (χ0) is 17.2. The van der Waals surface area contributed by atoms with Crippen molar-refractivity contribution < 1.29 is 9.53 Å². The summed E-state index contributed by atoms with van der Waals surface area (Å²) in [6, 6.07) is 19.5. The molecule has 0 aliphatic carbocycles. The smallest absolute Gasteiger partial charge is 0.252 e. The number of ether oxygens (including phenoxy) is 1. The summed E-state index contributed by atoms with van der Waals surface area (Å²) in [6.07, 6.45) is 2.68. The second-order valence-corrected chi connectivity index (χ2v) is 7.29. The quantitative estimate of drug-likeness (QED) is 0.848. The Labute approximate surface area is 151 Å². The predicted molar refractivity (Wildman–Crippen MR) is 101 cm³/mol. The second kappa shape index (κ2) is 6.92. The summed E-state index contributed by atoms with van der Waals surface area (Å²) in [5, 5.41) is 0.110. The van der Waals surface area contributed by atoms with Gasteiger partial charge in [0.2, 0.25) is 5.90 Å². The number of aliphatic imine (C=N–C) groups is 1. The van der Waals surface area contributed by atoms with E-state index in [0.29, 0.717) is 12.4 Å². The highest BCUT2D eigenvalue weighted by molar-refractivity contribution is 7.99. The van der Waals surface area contributed by atoms with E-state index >= 15 is 0 Å². The molecule has 4 nitrogen and oxygen atoms in total. The number of thioether (sulfide) groups is 1. The van der Waals surface area contributed by atoms with Crippen LogP contribution in [0.1, 0.15) is 17.5 Å². The molecule has 4 rings (SSSR count). The summed E-state index contributed by atoms with van der Waals surface area (Å²) in [6.45, 7) is 0.616. The normalized spacial score (nSPS) is 25.3. The van der Waals surface area contributed by atoms with Gasteiger partial charge in [0, 0.05) is 18.5 Å². The van der Waals surface area contributed by atoms with E-state index in [0.717, 1.165) is 17.5 Å². The van der Waals surface area contributed by atoms with E-state index in [1.54, 1.807) is 11.8 Å². The molecule has 0 unspecified atom stereocenters. The molecule has 2 aliphatic heterocycles. The molecule has 0 saturated carbocycles. The van der Waals surface area contributed by atoms with Crippen molar-refractivity contribution >= 4 is 23.6 Å². The van der Waals surface area contributed by atoms with Gasteiger partial charge < -0.3 is 9.64 Å². The van der Waals surface area contributed by atoms with Crippen LogP contribution in [0.2, 0.25) is 0 Å². The van der Waals surface area contributed by atoms with Crippen LogP contribution in [0, 0.1) is 0 Å². The molecule has 0 N–H and O–H groups in total. The number of likely N-dealkylation sites (tertiary alicyclic amines) is 1. The summed E-state index contributed by atoms with van der Waals surface area (Å²) in [5.74, 6) is 0.649. The average molecular weight is 352 g/mol. The van der Waals surface area contributed by atoms with Crippen LogP contribution >= 0.6 is 11.8 Å². The van der Waals surface area contributed by atoms with Crippen LogP contribution < -0.4 is 0 Å². The van der Waals surface area contributed by atoms with Gasteiger partial charge in [0.25, 0.3) is 5.91 Å². The molecule has 2 aromatic rings. The first kappa shape index (κ1) is 16.2. The van der Waals surface area contributed by atoms with Crippen LogP contribution in [-0.4, -0.2) is 40.5 Å². The van der Waals surface area contributed by atoms with Crippen LogP contribution in [-0.2, 0) is 16.1 Å². The number of carbonyl (C=O) groups excluding carboxylic acids is 1. The van der Waals surface area contributed by atoms with E-state index in [1.165, 1.54) is 0 Å². The van der Waals surface area contributed by atoms with E-state index < -0.39 is 6.04 Å². The van der Waals surface area contributed by atoms with Crippen LogP contribution in [0.4, 0.5) is 0 Å². The topological polar surface area (TPSA) is 41.9 Å². The molecule has 0 bridgehead atoms. The Balaban J connectivity index is 1.59. The number of piperidine rings is 1. The van der Waals surface area contributed by atoms with Gasteiger partial charge in [-0.05, 0) is 24.0 Å². The van der Waals surface area contributed by atoms with Crippen molar-refractivity contribution in [3.63, 3.8) is 0 Å². The van der Waals surface area contributed by atoms with Gasteiger partial charge in [0.15, 0.2) is 6.04 Å². The average Bonchev–Trinajstić information content (AvgIpc) is 3.10. The first-order valence-electron chi connectivity index (χ1n) is 8.43. The van der Waals surface area contributed by atoms with Gasteiger partial charge in [-0.2, -0.15) is 0 Å². The SMILES string of the molecule is CS[C@@H]1C[C@H]2OC(c3ccccc3)=N[C@@H]2C(=O)N1Cc1ccccc1. The minimum absolute atomic E-state index is 0.0605. The fourth-order valence-electron chi connectivity index (χ4n) is 3.38. The van der Waals surface area contributed by atoms with Crippen LogP contribution in [0.5, 0.6) is 0 Å². The Hall–Kier alpha value is -2.27. The zero-order valence-electron chi connectivity index (χ0n) is 14.0. The Morgan fingerprint density at radius 2 is 1.80 bits per heavy atom. The molecular formula is C20H20N2O2S. The monoisotopic (exact) mass is 352 g/mol. The molecule has 2 heterocycles. The molecule has 5 heteroatoms. The molecule has 3 atom stereocenters. The minimum Gasteiger partial charge on any atom is -0.471 e. The molecular weight excluding hydrogens is 332 g/mol. The third-order valence-electron chi connectivity index (χ3n) is 4.68. The minimum atomic E-state index is -0.428. The number of nitrogens with zero attached hydrogens (tertiary/aromatic N) is 2. The van der Waals surface area contributed by atoms with Gasteiger partial charge in [0.05, 0.1) is 5.37 Å². The maximum Gasteiger partial charge on any atom is 0.252 e. The third kappa shape index (κ3) is 3.16. The van der Waals surface area contributed by atoms with Gasteiger partial charge >= 0.3 is 0 Å². The van der Waals surface area contributed by atoms with Gasteiger partial charge in [-0.15, -0.1) is 11.8 Å². The summed E-state index contributed by atoms with van der Waals surface area (Å²) >= 11 is 1.70. The van der Waals surface area contributed by atoms with Gasteiger partial charge in [0.1, 0.15) is 6.10 Å². The van der Waals surface area contributed by atoms with E-state index in [1.807, 2.05) is 59.7 Å². The molecule has 0 aromatic heterocycles. The Bertz CT molecular complexity index is 779. The van der Waals surface area contributed by atoms with Crippen LogP contribution in [0.25, 0.3) is 0 Å². The van der Waals surface area contributed by atoms with E-state index in [-0.39, 0.29) is 17.4 Å². The largest absolute Gasteiger partial charge is 0.471 e. The summed E-state index contributed by atoms with van der Waals surface area (Å²) in [7, 11) is 0. The first-order valence-corrected chi connectivity index (χ1v) is 9.72. The number of rotatable bonds is 4. The first-order chi connectivity index (χ1) is 12.3. The van der Waals surface area contributed by atoms with E-state index in [4.69, 9.17) is 4.74 Å². The van der Waals surface area contributed by atoms with Crippen molar-refractivity contribution in [3.8, 4) is 0 Å². The van der Waals surface area contributed by atoms with Crippen molar-refractivity contribution in [2.45, 2.75) is 30.5 Å². The van der Waals surface area contributed by atoms with Crippen molar-refractivity contribution in [2.75, 3.05) is 6.26 Å². The lowest BCUT2D eigenvalue weighted by molar-refractivity contribution is -0.139. The predicted octanol–water partition coefficient (Wildman–Crippen LogP) is 3.32. The fraction of sp³-hybridized carbons (Fsp3) is 0.300. The van der Waals surface area contributed by atoms with E-state index in [9.17, 15) is 4.79 Å². The molecule has 0 radical (unpaired) electrons. The van der Waals surface area contributed by atoms with Crippen LogP contribution in [0.3, 0.4) is 0 Å². The highest BCUT2D eigenvalue weighted by Gasteiger charge is 2.46. The number of carbonyl (C=O) groups is 1. The van der Waals surface area contributed by atoms with Crippen LogP contribution in [0.15, 0.2) is 65.7 Å².